The highest BCUT2D eigenvalue weighted by Gasteiger charge is 2.48. The fraction of sp³-hybridized carbons (Fsp3) is 0.286. The van der Waals surface area contributed by atoms with Crippen molar-refractivity contribution >= 4 is 46.7 Å². The molecular weight excluding hydrogens is 401 g/mol. The first kappa shape index (κ1) is 19.0. The van der Waals surface area contributed by atoms with Gasteiger partial charge < -0.3 is 4.74 Å². The van der Waals surface area contributed by atoms with Gasteiger partial charge in [0, 0.05) is 11.1 Å². The molecule has 7 heteroatoms. The Labute approximate surface area is 172 Å². The van der Waals surface area contributed by atoms with Crippen molar-refractivity contribution in [2.24, 2.45) is 11.8 Å². The van der Waals surface area contributed by atoms with Crippen LogP contribution in [0.2, 0.25) is 10.0 Å². The molecule has 0 radical (unpaired) electrons. The molecular formula is C21H17Cl2NO4. The van der Waals surface area contributed by atoms with Crippen LogP contribution in [0.4, 0.5) is 5.69 Å². The molecule has 2 fully saturated rings. The average molecular weight is 418 g/mol. The lowest BCUT2D eigenvalue weighted by Crippen LogP contribution is -2.30. The lowest BCUT2D eigenvalue weighted by molar-refractivity contribution is -0.122. The largest absolute Gasteiger partial charge is 0.423 e. The monoisotopic (exact) mass is 417 g/mol. The van der Waals surface area contributed by atoms with E-state index in [0.29, 0.717) is 10.7 Å². The number of hydrogen-bond acceptors (Lipinski definition) is 4. The van der Waals surface area contributed by atoms with Crippen molar-refractivity contribution in [3.63, 3.8) is 0 Å². The Morgan fingerprint density at radius 2 is 1.64 bits per heavy atom. The van der Waals surface area contributed by atoms with Crippen molar-refractivity contribution in [2.75, 3.05) is 4.90 Å². The SMILES string of the molecule is O=C(Oc1cccc(N2C(=O)[C@H]3CCCC[C@@H]3C2=O)c1)c1ccc(Cl)cc1Cl. The number of amides is 2. The molecule has 4 rings (SSSR count). The third-order valence-corrected chi connectivity index (χ3v) is 5.83. The van der Waals surface area contributed by atoms with Gasteiger partial charge >= 0.3 is 5.97 Å². The smallest absolute Gasteiger partial charge is 0.345 e. The summed E-state index contributed by atoms with van der Waals surface area (Å²) in [7, 11) is 0. The van der Waals surface area contributed by atoms with Gasteiger partial charge in [-0.15, -0.1) is 0 Å². The molecule has 1 heterocycles. The molecule has 0 spiro atoms. The maximum absolute atomic E-state index is 12.7. The lowest BCUT2D eigenvalue weighted by Gasteiger charge is -2.19. The molecule has 2 aromatic rings. The lowest BCUT2D eigenvalue weighted by atomic mass is 9.81. The van der Waals surface area contributed by atoms with E-state index in [9.17, 15) is 14.4 Å². The van der Waals surface area contributed by atoms with E-state index in [1.54, 1.807) is 24.3 Å². The highest BCUT2D eigenvalue weighted by molar-refractivity contribution is 6.36. The standard InChI is InChI=1S/C21H17Cl2NO4/c22-12-8-9-17(18(23)10-12)21(27)28-14-5-3-4-13(11-14)24-19(25)15-6-1-2-7-16(15)20(24)26/h3-5,8-11,15-16H,1-2,6-7H2/t15-,16-/m0/s1. The Morgan fingerprint density at radius 1 is 0.964 bits per heavy atom. The molecule has 1 saturated carbocycles. The number of fused-ring (bicyclic) bond motifs is 1. The number of anilines is 1. The number of imide groups is 1. The maximum Gasteiger partial charge on any atom is 0.345 e. The summed E-state index contributed by atoms with van der Waals surface area (Å²) in [5.41, 5.74) is 0.590. The van der Waals surface area contributed by atoms with E-state index in [4.69, 9.17) is 27.9 Å². The zero-order valence-electron chi connectivity index (χ0n) is 14.9. The first-order valence-electron chi connectivity index (χ1n) is 9.11. The number of hydrogen-bond donors (Lipinski definition) is 0. The third-order valence-electron chi connectivity index (χ3n) is 5.28. The van der Waals surface area contributed by atoms with Gasteiger partial charge in [0.05, 0.1) is 28.1 Å². The number of carbonyl (C=O) groups excluding carboxylic acids is 3. The summed E-state index contributed by atoms with van der Waals surface area (Å²) >= 11 is 11.9. The van der Waals surface area contributed by atoms with Crippen LogP contribution in [0.1, 0.15) is 36.0 Å². The number of nitrogens with zero attached hydrogens (tertiary/aromatic N) is 1. The van der Waals surface area contributed by atoms with Gasteiger partial charge in [0.1, 0.15) is 5.75 Å². The number of rotatable bonds is 3. The van der Waals surface area contributed by atoms with Crippen molar-refractivity contribution in [3.8, 4) is 5.75 Å². The average Bonchev–Trinajstić information content (AvgIpc) is 2.93. The third kappa shape index (κ3) is 3.40. The van der Waals surface area contributed by atoms with Crippen LogP contribution >= 0.6 is 23.2 Å². The molecule has 1 saturated heterocycles. The summed E-state index contributed by atoms with van der Waals surface area (Å²) < 4.78 is 5.39. The summed E-state index contributed by atoms with van der Waals surface area (Å²) in [6.07, 6.45) is 3.42. The topological polar surface area (TPSA) is 63.7 Å². The molecule has 5 nitrogen and oxygen atoms in total. The van der Waals surface area contributed by atoms with Gasteiger partial charge in [0.15, 0.2) is 0 Å². The molecule has 0 bridgehead atoms. The van der Waals surface area contributed by atoms with Crippen LogP contribution in [0.5, 0.6) is 5.75 Å². The van der Waals surface area contributed by atoms with Crippen LogP contribution in [-0.2, 0) is 9.59 Å². The Bertz CT molecular complexity index is 951. The molecule has 1 aliphatic carbocycles. The minimum absolute atomic E-state index is 0.168. The highest BCUT2D eigenvalue weighted by Crippen LogP contribution is 2.40. The molecule has 28 heavy (non-hydrogen) atoms. The second kappa shape index (κ2) is 7.57. The molecule has 0 N–H and O–H groups in total. The van der Waals surface area contributed by atoms with Gasteiger partial charge in [-0.3, -0.25) is 9.59 Å². The zero-order valence-corrected chi connectivity index (χ0v) is 16.4. The van der Waals surface area contributed by atoms with E-state index in [-0.39, 0.29) is 40.0 Å². The van der Waals surface area contributed by atoms with Crippen molar-refractivity contribution in [1.29, 1.82) is 0 Å². The normalized spacial score (nSPS) is 21.6. The quantitative estimate of drug-likeness (QED) is 0.405. The van der Waals surface area contributed by atoms with E-state index in [0.717, 1.165) is 25.7 Å². The number of carbonyl (C=O) groups is 3. The van der Waals surface area contributed by atoms with Crippen molar-refractivity contribution in [3.05, 3.63) is 58.1 Å². The van der Waals surface area contributed by atoms with Gasteiger partial charge in [-0.25, -0.2) is 9.69 Å². The summed E-state index contributed by atoms with van der Waals surface area (Å²) in [6, 6.07) is 10.9. The molecule has 2 aliphatic rings. The summed E-state index contributed by atoms with van der Waals surface area (Å²) in [5.74, 6) is -1.23. The number of halogens is 2. The van der Waals surface area contributed by atoms with Gasteiger partial charge in [0.25, 0.3) is 0 Å². The van der Waals surface area contributed by atoms with E-state index in [1.807, 2.05) is 0 Å². The summed E-state index contributed by atoms with van der Waals surface area (Å²) in [5, 5.41) is 0.596. The van der Waals surface area contributed by atoms with E-state index in [2.05, 4.69) is 0 Å². The molecule has 144 valence electrons. The molecule has 0 unspecified atom stereocenters. The van der Waals surface area contributed by atoms with Gasteiger partial charge in [-0.1, -0.05) is 42.1 Å². The summed E-state index contributed by atoms with van der Waals surface area (Å²) in [6.45, 7) is 0. The zero-order chi connectivity index (χ0) is 19.8. The predicted octanol–water partition coefficient (Wildman–Crippen LogP) is 4.89. The Balaban J connectivity index is 1.57. The van der Waals surface area contributed by atoms with Crippen LogP contribution in [0, 0.1) is 11.8 Å². The van der Waals surface area contributed by atoms with Crippen LogP contribution in [0.15, 0.2) is 42.5 Å². The second-order valence-corrected chi connectivity index (χ2v) is 7.86. The molecule has 0 aromatic heterocycles. The first-order chi connectivity index (χ1) is 13.5. The maximum atomic E-state index is 12.7. The van der Waals surface area contributed by atoms with E-state index in [1.165, 1.54) is 23.1 Å². The minimum Gasteiger partial charge on any atom is -0.423 e. The fourth-order valence-electron chi connectivity index (χ4n) is 3.92. The van der Waals surface area contributed by atoms with Crippen LogP contribution < -0.4 is 9.64 Å². The fourth-order valence-corrected chi connectivity index (χ4v) is 4.41. The van der Waals surface area contributed by atoms with Crippen LogP contribution in [0.25, 0.3) is 0 Å². The minimum atomic E-state index is -0.647. The Kier molecular flexibility index (Phi) is 5.13. The summed E-state index contributed by atoms with van der Waals surface area (Å²) in [4.78, 5) is 39.1. The van der Waals surface area contributed by atoms with Gasteiger partial charge in [-0.2, -0.15) is 0 Å². The molecule has 1 aliphatic heterocycles. The molecule has 2 atom stereocenters. The molecule has 2 amide bonds. The number of ether oxygens (including phenoxy) is 1. The van der Waals surface area contributed by atoms with Crippen molar-refractivity contribution < 1.29 is 19.1 Å². The van der Waals surface area contributed by atoms with Crippen LogP contribution in [-0.4, -0.2) is 17.8 Å². The second-order valence-electron chi connectivity index (χ2n) is 7.02. The first-order valence-corrected chi connectivity index (χ1v) is 9.86. The Morgan fingerprint density at radius 3 is 2.29 bits per heavy atom. The predicted molar refractivity (Wildman–Crippen MR) is 106 cm³/mol. The van der Waals surface area contributed by atoms with Crippen molar-refractivity contribution in [1.82, 2.24) is 0 Å². The number of benzene rings is 2. The van der Waals surface area contributed by atoms with E-state index >= 15 is 0 Å². The van der Waals surface area contributed by atoms with Crippen molar-refractivity contribution in [2.45, 2.75) is 25.7 Å². The van der Waals surface area contributed by atoms with Gasteiger partial charge in [0.2, 0.25) is 11.8 Å². The van der Waals surface area contributed by atoms with E-state index < -0.39 is 5.97 Å². The number of esters is 1. The van der Waals surface area contributed by atoms with Gasteiger partial charge in [-0.05, 0) is 43.2 Å². The Hall–Kier alpha value is -2.37. The molecule has 2 aromatic carbocycles. The highest BCUT2D eigenvalue weighted by atomic mass is 35.5. The van der Waals surface area contributed by atoms with Crippen LogP contribution in [0.3, 0.4) is 0 Å².